The van der Waals surface area contributed by atoms with Gasteiger partial charge in [-0.3, -0.25) is 9.59 Å². The summed E-state index contributed by atoms with van der Waals surface area (Å²) in [5, 5.41) is 2.22. The molecule has 0 radical (unpaired) electrons. The van der Waals surface area contributed by atoms with Crippen molar-refractivity contribution in [3.05, 3.63) is 35.6 Å². The van der Waals surface area contributed by atoms with Crippen LogP contribution in [0.3, 0.4) is 0 Å². The highest BCUT2D eigenvalue weighted by Gasteiger charge is 2.42. The van der Waals surface area contributed by atoms with Gasteiger partial charge in [0.1, 0.15) is 0 Å². The number of alkyl halides is 3. The van der Waals surface area contributed by atoms with Gasteiger partial charge in [0.25, 0.3) is 0 Å². The number of rotatable bonds is 0. The van der Waals surface area contributed by atoms with Crippen molar-refractivity contribution in [1.29, 1.82) is 0 Å². The SMILES string of the molecule is O=C1C=CC2C(=C1)NC(=O)C=C2C(F)(F)F. The van der Waals surface area contributed by atoms with Gasteiger partial charge in [-0.2, -0.15) is 13.2 Å². The van der Waals surface area contributed by atoms with Crippen LogP contribution in [0, 0.1) is 5.92 Å². The summed E-state index contributed by atoms with van der Waals surface area (Å²) in [6.07, 6.45) is -0.864. The first-order valence-electron chi connectivity index (χ1n) is 4.41. The van der Waals surface area contributed by atoms with E-state index in [4.69, 9.17) is 0 Å². The fourth-order valence-electron chi connectivity index (χ4n) is 1.64. The summed E-state index contributed by atoms with van der Waals surface area (Å²) >= 11 is 0. The molecule has 0 saturated carbocycles. The fraction of sp³-hybridized carbons (Fsp3) is 0.200. The van der Waals surface area contributed by atoms with Crippen molar-refractivity contribution < 1.29 is 22.8 Å². The van der Waals surface area contributed by atoms with Crippen LogP contribution in [0.4, 0.5) is 13.2 Å². The highest BCUT2D eigenvalue weighted by molar-refractivity contribution is 6.03. The molecule has 1 N–H and O–H groups in total. The van der Waals surface area contributed by atoms with Crippen LogP contribution < -0.4 is 5.32 Å². The first-order chi connectivity index (χ1) is 7.38. The van der Waals surface area contributed by atoms with Crippen LogP contribution in [0.1, 0.15) is 0 Å². The maximum absolute atomic E-state index is 12.6. The fourth-order valence-corrected chi connectivity index (χ4v) is 1.64. The van der Waals surface area contributed by atoms with Gasteiger partial charge in [-0.05, 0) is 6.08 Å². The predicted molar refractivity (Wildman–Crippen MR) is 48.0 cm³/mol. The van der Waals surface area contributed by atoms with Gasteiger partial charge >= 0.3 is 6.18 Å². The molecule has 2 aliphatic rings. The van der Waals surface area contributed by atoms with E-state index in [0.29, 0.717) is 6.08 Å². The van der Waals surface area contributed by atoms with Crippen molar-refractivity contribution in [2.75, 3.05) is 0 Å². The van der Waals surface area contributed by atoms with E-state index in [9.17, 15) is 22.8 Å². The summed E-state index contributed by atoms with van der Waals surface area (Å²) < 4.78 is 37.8. The maximum atomic E-state index is 12.6. The van der Waals surface area contributed by atoms with Gasteiger partial charge in [0.05, 0.1) is 5.57 Å². The number of hydrogen-bond acceptors (Lipinski definition) is 2. The first-order valence-corrected chi connectivity index (χ1v) is 4.41. The van der Waals surface area contributed by atoms with Gasteiger partial charge in [0.2, 0.25) is 5.91 Å². The van der Waals surface area contributed by atoms with Crippen molar-refractivity contribution in [3.63, 3.8) is 0 Å². The van der Waals surface area contributed by atoms with E-state index >= 15 is 0 Å². The number of amides is 1. The van der Waals surface area contributed by atoms with Gasteiger partial charge in [0.15, 0.2) is 5.78 Å². The number of carbonyl (C=O) groups is 2. The lowest BCUT2D eigenvalue weighted by Crippen LogP contribution is -2.37. The second kappa shape index (κ2) is 3.33. The van der Waals surface area contributed by atoms with Gasteiger partial charge in [-0.25, -0.2) is 0 Å². The molecule has 16 heavy (non-hydrogen) atoms. The smallest absolute Gasteiger partial charge is 0.325 e. The molecule has 1 unspecified atom stereocenters. The molecule has 1 aliphatic heterocycles. The van der Waals surface area contributed by atoms with E-state index < -0.39 is 29.4 Å². The molecule has 2 rings (SSSR count). The van der Waals surface area contributed by atoms with Gasteiger partial charge in [-0.15, -0.1) is 0 Å². The van der Waals surface area contributed by atoms with Crippen LogP contribution in [0.2, 0.25) is 0 Å². The molecular weight excluding hydrogens is 223 g/mol. The summed E-state index contributed by atoms with van der Waals surface area (Å²) in [6.45, 7) is 0. The van der Waals surface area contributed by atoms with E-state index in [1.54, 1.807) is 0 Å². The van der Waals surface area contributed by atoms with E-state index in [1.165, 1.54) is 0 Å². The Morgan fingerprint density at radius 2 is 1.88 bits per heavy atom. The minimum atomic E-state index is -4.58. The predicted octanol–water partition coefficient (Wildman–Crippen LogP) is 1.24. The third-order valence-corrected chi connectivity index (χ3v) is 2.30. The number of allylic oxidation sites excluding steroid dienone is 3. The molecule has 0 aromatic heterocycles. The average molecular weight is 229 g/mol. The molecule has 6 heteroatoms. The van der Waals surface area contributed by atoms with Crippen LogP contribution in [0.5, 0.6) is 0 Å². The number of hydrogen-bond donors (Lipinski definition) is 1. The molecule has 0 aromatic rings. The number of ketones is 1. The zero-order valence-corrected chi connectivity index (χ0v) is 7.84. The number of fused-ring (bicyclic) bond motifs is 1. The van der Waals surface area contributed by atoms with Crippen LogP contribution >= 0.6 is 0 Å². The second-order valence-electron chi connectivity index (χ2n) is 3.43. The summed E-state index contributed by atoms with van der Waals surface area (Å²) in [5.74, 6) is -2.39. The van der Waals surface area contributed by atoms with Gasteiger partial charge < -0.3 is 5.32 Å². The lowest BCUT2D eigenvalue weighted by molar-refractivity contribution is -0.119. The quantitative estimate of drug-likeness (QED) is 0.679. The van der Waals surface area contributed by atoms with E-state index in [-0.39, 0.29) is 5.70 Å². The third kappa shape index (κ3) is 1.78. The summed E-state index contributed by atoms with van der Waals surface area (Å²) in [6, 6.07) is 0. The molecule has 0 spiro atoms. The van der Waals surface area contributed by atoms with E-state index in [1.807, 2.05) is 0 Å². The van der Waals surface area contributed by atoms with Crippen molar-refractivity contribution in [3.8, 4) is 0 Å². The molecule has 0 saturated heterocycles. The highest BCUT2D eigenvalue weighted by atomic mass is 19.4. The standard InChI is InChI=1S/C10H6F3NO2/c11-10(12,13)7-4-9(16)14-8-3-5(15)1-2-6(7)8/h1-4,6H,(H,14,16). The van der Waals surface area contributed by atoms with Crippen LogP contribution in [0.15, 0.2) is 35.6 Å². The Hall–Kier alpha value is -1.85. The Labute approximate surface area is 88.3 Å². The van der Waals surface area contributed by atoms with Crippen LogP contribution in [-0.2, 0) is 9.59 Å². The van der Waals surface area contributed by atoms with Crippen molar-refractivity contribution in [1.82, 2.24) is 5.32 Å². The summed E-state index contributed by atoms with van der Waals surface area (Å²) in [7, 11) is 0. The van der Waals surface area contributed by atoms with E-state index in [2.05, 4.69) is 5.32 Å². The molecule has 3 nitrogen and oxygen atoms in total. The Balaban J connectivity index is 2.47. The molecule has 1 atom stereocenters. The van der Waals surface area contributed by atoms with Crippen LogP contribution in [-0.4, -0.2) is 17.9 Å². The van der Waals surface area contributed by atoms with Crippen molar-refractivity contribution >= 4 is 11.7 Å². The Morgan fingerprint density at radius 3 is 2.50 bits per heavy atom. The zero-order chi connectivity index (χ0) is 11.9. The van der Waals surface area contributed by atoms with E-state index in [0.717, 1.165) is 18.2 Å². The normalized spacial score (nSPS) is 24.6. The summed E-state index contributed by atoms with van der Waals surface area (Å²) in [5.41, 5.74) is -0.974. The Kier molecular flexibility index (Phi) is 2.22. The molecule has 1 aliphatic carbocycles. The van der Waals surface area contributed by atoms with Crippen molar-refractivity contribution in [2.24, 2.45) is 5.92 Å². The minimum Gasteiger partial charge on any atom is -0.325 e. The molecule has 84 valence electrons. The lowest BCUT2D eigenvalue weighted by Gasteiger charge is -2.27. The number of nitrogens with one attached hydrogen (secondary N) is 1. The molecule has 1 heterocycles. The molecule has 1 amide bonds. The monoisotopic (exact) mass is 229 g/mol. The van der Waals surface area contributed by atoms with Gasteiger partial charge in [-0.1, -0.05) is 6.08 Å². The molecule has 0 fully saturated rings. The summed E-state index contributed by atoms with van der Waals surface area (Å²) in [4.78, 5) is 22.0. The zero-order valence-electron chi connectivity index (χ0n) is 7.84. The topological polar surface area (TPSA) is 46.2 Å². The highest BCUT2D eigenvalue weighted by Crippen LogP contribution is 2.37. The molecule has 0 bridgehead atoms. The van der Waals surface area contributed by atoms with Gasteiger partial charge in [0, 0.05) is 23.8 Å². The molecular formula is C10H6F3NO2. The number of carbonyl (C=O) groups excluding carboxylic acids is 2. The largest absolute Gasteiger partial charge is 0.413 e. The van der Waals surface area contributed by atoms with Crippen molar-refractivity contribution in [2.45, 2.75) is 6.18 Å². The maximum Gasteiger partial charge on any atom is 0.413 e. The number of halogens is 3. The first kappa shape index (κ1) is 10.7. The Morgan fingerprint density at radius 1 is 1.19 bits per heavy atom. The third-order valence-electron chi connectivity index (χ3n) is 2.30. The van der Waals surface area contributed by atoms with Crippen LogP contribution in [0.25, 0.3) is 0 Å². The molecule has 0 aromatic carbocycles. The average Bonchev–Trinajstić information content (AvgIpc) is 2.14. The lowest BCUT2D eigenvalue weighted by atomic mass is 9.87. The second-order valence-corrected chi connectivity index (χ2v) is 3.43. The Bertz CT molecular complexity index is 457. The minimum absolute atomic E-state index is 0.0210.